The van der Waals surface area contributed by atoms with E-state index in [9.17, 15) is 9.90 Å². The third-order valence-electron chi connectivity index (χ3n) is 4.27. The summed E-state index contributed by atoms with van der Waals surface area (Å²) >= 11 is 0. The summed E-state index contributed by atoms with van der Waals surface area (Å²) in [4.78, 5) is 13.6. The minimum atomic E-state index is -0.585. The third kappa shape index (κ3) is 3.99. The number of nitrogens with zero attached hydrogens (tertiary/aromatic N) is 1. The second-order valence-corrected chi connectivity index (χ2v) is 6.19. The highest BCUT2D eigenvalue weighted by molar-refractivity contribution is 5.67. The molecular formula is C17H26N2O3. The summed E-state index contributed by atoms with van der Waals surface area (Å²) in [6, 6.07) is 10.4. The van der Waals surface area contributed by atoms with Gasteiger partial charge in [0.05, 0.1) is 19.3 Å². The van der Waals surface area contributed by atoms with Gasteiger partial charge in [-0.25, -0.2) is 4.79 Å². The molecule has 1 aliphatic rings. The van der Waals surface area contributed by atoms with Gasteiger partial charge in [-0.1, -0.05) is 44.2 Å². The van der Waals surface area contributed by atoms with E-state index >= 15 is 0 Å². The molecule has 3 atom stereocenters. The van der Waals surface area contributed by atoms with Crippen LogP contribution in [0.2, 0.25) is 0 Å². The first kappa shape index (κ1) is 16.8. The first-order chi connectivity index (χ1) is 10.5. The number of aliphatic hydroxyl groups excluding tert-OH is 1. The molecule has 1 aromatic carbocycles. The zero-order chi connectivity index (χ0) is 16.1. The maximum atomic E-state index is 11.3. The predicted molar refractivity (Wildman–Crippen MR) is 85.5 cm³/mol. The Morgan fingerprint density at radius 3 is 2.59 bits per heavy atom. The summed E-state index contributed by atoms with van der Waals surface area (Å²) in [5.74, 6) is 0.444. The maximum absolute atomic E-state index is 11.3. The van der Waals surface area contributed by atoms with Crippen molar-refractivity contribution in [2.24, 2.45) is 5.92 Å². The Hall–Kier alpha value is -1.59. The van der Waals surface area contributed by atoms with E-state index < -0.39 is 12.2 Å². The highest BCUT2D eigenvalue weighted by atomic mass is 16.5. The van der Waals surface area contributed by atoms with E-state index in [1.807, 2.05) is 18.2 Å². The molecule has 1 unspecified atom stereocenters. The number of methoxy groups -OCH3 is 1. The molecule has 0 bridgehead atoms. The molecule has 2 N–H and O–H groups in total. The number of benzene rings is 1. The fraction of sp³-hybridized carbons (Fsp3) is 0.588. The smallest absolute Gasteiger partial charge is 0.407 e. The molecule has 0 spiro atoms. The number of ether oxygens (including phenoxy) is 1. The van der Waals surface area contributed by atoms with Crippen LogP contribution in [0.25, 0.3) is 0 Å². The maximum Gasteiger partial charge on any atom is 0.407 e. The first-order valence-electron chi connectivity index (χ1n) is 7.84. The van der Waals surface area contributed by atoms with Crippen molar-refractivity contribution < 1.29 is 14.6 Å². The van der Waals surface area contributed by atoms with Gasteiger partial charge in [-0.2, -0.15) is 0 Å². The van der Waals surface area contributed by atoms with Crippen LogP contribution in [0.4, 0.5) is 4.79 Å². The Bertz CT molecular complexity index is 478. The van der Waals surface area contributed by atoms with E-state index in [0.29, 0.717) is 18.9 Å². The Morgan fingerprint density at radius 2 is 2.05 bits per heavy atom. The van der Waals surface area contributed by atoms with Crippen molar-refractivity contribution >= 4 is 6.09 Å². The molecule has 122 valence electrons. The van der Waals surface area contributed by atoms with Crippen LogP contribution in [0, 0.1) is 5.92 Å². The molecule has 1 aromatic rings. The van der Waals surface area contributed by atoms with Crippen molar-refractivity contribution in [2.45, 2.75) is 38.5 Å². The van der Waals surface area contributed by atoms with Crippen LogP contribution in [0.1, 0.15) is 31.9 Å². The van der Waals surface area contributed by atoms with Crippen LogP contribution < -0.4 is 5.32 Å². The fourth-order valence-corrected chi connectivity index (χ4v) is 3.25. The van der Waals surface area contributed by atoms with Gasteiger partial charge in [0.25, 0.3) is 0 Å². The molecular weight excluding hydrogens is 280 g/mol. The lowest BCUT2D eigenvalue weighted by Crippen LogP contribution is -2.55. The standard InChI is InChI=1S/C17H26N2O3/c1-12(2)16(13-7-5-4-6-8-13)19-10-9-14(15(20)11-19)18-17(21)22-3/h4-8,12,14-16,20H,9-11H2,1-3H3,(H,18,21)/t14-,15-,16?/m0/s1. The van der Waals surface area contributed by atoms with E-state index in [1.54, 1.807) is 0 Å². The van der Waals surface area contributed by atoms with Gasteiger partial charge in [0.2, 0.25) is 0 Å². The normalized spacial score (nSPS) is 24.0. The minimum absolute atomic E-state index is 0.243. The van der Waals surface area contributed by atoms with Crippen LogP contribution in [-0.2, 0) is 4.74 Å². The number of piperidine rings is 1. The van der Waals surface area contributed by atoms with Gasteiger partial charge in [-0.15, -0.1) is 0 Å². The summed E-state index contributed by atoms with van der Waals surface area (Å²) in [6.45, 7) is 5.78. The summed E-state index contributed by atoms with van der Waals surface area (Å²) in [5, 5.41) is 13.1. The van der Waals surface area contributed by atoms with Gasteiger partial charge in [0, 0.05) is 19.1 Å². The van der Waals surface area contributed by atoms with Gasteiger partial charge in [0.15, 0.2) is 0 Å². The van der Waals surface area contributed by atoms with Crippen LogP contribution in [-0.4, -0.2) is 48.4 Å². The molecule has 0 aliphatic carbocycles. The van der Waals surface area contributed by atoms with Crippen molar-refractivity contribution in [3.63, 3.8) is 0 Å². The molecule has 1 saturated heterocycles. The minimum Gasteiger partial charge on any atom is -0.453 e. The average molecular weight is 306 g/mol. The van der Waals surface area contributed by atoms with E-state index in [0.717, 1.165) is 6.54 Å². The Balaban J connectivity index is 2.05. The van der Waals surface area contributed by atoms with Crippen LogP contribution in [0.3, 0.4) is 0 Å². The first-order valence-corrected chi connectivity index (χ1v) is 7.84. The van der Waals surface area contributed by atoms with E-state index in [2.05, 4.69) is 40.9 Å². The monoisotopic (exact) mass is 306 g/mol. The second kappa shape index (κ2) is 7.61. The lowest BCUT2D eigenvalue weighted by atomic mass is 9.91. The number of carbonyl (C=O) groups excluding carboxylic acids is 1. The van der Waals surface area contributed by atoms with Crippen molar-refractivity contribution in [1.82, 2.24) is 10.2 Å². The Kier molecular flexibility index (Phi) is 5.80. The number of amides is 1. The highest BCUT2D eigenvalue weighted by Gasteiger charge is 2.34. The van der Waals surface area contributed by atoms with Crippen molar-refractivity contribution in [2.75, 3.05) is 20.2 Å². The number of alkyl carbamates (subject to hydrolysis) is 1. The van der Waals surface area contributed by atoms with Crippen LogP contribution in [0.15, 0.2) is 30.3 Å². The SMILES string of the molecule is COC(=O)N[C@H]1CCN(C(c2ccccc2)C(C)C)C[C@@H]1O. The van der Waals surface area contributed by atoms with E-state index in [-0.39, 0.29) is 12.1 Å². The lowest BCUT2D eigenvalue weighted by Gasteiger charge is -2.42. The summed E-state index contributed by atoms with van der Waals surface area (Å²) < 4.78 is 4.61. The number of nitrogens with one attached hydrogen (secondary N) is 1. The average Bonchev–Trinajstić information content (AvgIpc) is 2.50. The van der Waals surface area contributed by atoms with Gasteiger partial charge >= 0.3 is 6.09 Å². The van der Waals surface area contributed by atoms with E-state index in [4.69, 9.17) is 0 Å². The topological polar surface area (TPSA) is 61.8 Å². The summed E-state index contributed by atoms with van der Waals surface area (Å²) in [6.07, 6.45) is -0.356. The van der Waals surface area contributed by atoms with Crippen LogP contribution in [0.5, 0.6) is 0 Å². The number of hydrogen-bond acceptors (Lipinski definition) is 4. The predicted octanol–water partition coefficient (Wildman–Crippen LogP) is 2.17. The third-order valence-corrected chi connectivity index (χ3v) is 4.27. The number of β-amino-alcohol motifs (C(OH)–C–C–N with tert-alkyl or cyclic N) is 1. The van der Waals surface area contributed by atoms with Crippen molar-refractivity contribution in [1.29, 1.82) is 0 Å². The zero-order valence-electron chi connectivity index (χ0n) is 13.5. The second-order valence-electron chi connectivity index (χ2n) is 6.19. The number of aliphatic hydroxyl groups is 1. The molecule has 0 aromatic heterocycles. The molecule has 5 nitrogen and oxygen atoms in total. The highest BCUT2D eigenvalue weighted by Crippen LogP contribution is 2.31. The quantitative estimate of drug-likeness (QED) is 0.895. The molecule has 1 amide bonds. The van der Waals surface area contributed by atoms with Gasteiger partial charge in [-0.3, -0.25) is 4.90 Å². The molecule has 1 fully saturated rings. The van der Waals surface area contributed by atoms with Crippen LogP contribution >= 0.6 is 0 Å². The molecule has 0 radical (unpaired) electrons. The van der Waals surface area contributed by atoms with Gasteiger partial charge in [-0.05, 0) is 17.9 Å². The molecule has 1 heterocycles. The Labute approximate surface area is 132 Å². The largest absolute Gasteiger partial charge is 0.453 e. The van der Waals surface area contributed by atoms with Gasteiger partial charge in [0.1, 0.15) is 0 Å². The summed E-state index contributed by atoms with van der Waals surface area (Å²) in [5.41, 5.74) is 1.27. The molecule has 5 heteroatoms. The van der Waals surface area contributed by atoms with Gasteiger partial charge < -0.3 is 15.2 Å². The van der Waals surface area contributed by atoms with Crippen molar-refractivity contribution in [3.05, 3.63) is 35.9 Å². The van der Waals surface area contributed by atoms with E-state index in [1.165, 1.54) is 12.7 Å². The zero-order valence-corrected chi connectivity index (χ0v) is 13.5. The lowest BCUT2D eigenvalue weighted by molar-refractivity contribution is 0.00988. The number of hydrogen-bond donors (Lipinski definition) is 2. The Morgan fingerprint density at radius 1 is 1.36 bits per heavy atom. The molecule has 0 saturated carbocycles. The van der Waals surface area contributed by atoms with Crippen molar-refractivity contribution in [3.8, 4) is 0 Å². The number of rotatable bonds is 4. The number of carbonyl (C=O) groups is 1. The summed E-state index contributed by atoms with van der Waals surface area (Å²) in [7, 11) is 1.33. The number of likely N-dealkylation sites (tertiary alicyclic amines) is 1. The fourth-order valence-electron chi connectivity index (χ4n) is 3.25. The molecule has 2 rings (SSSR count). The molecule has 1 aliphatic heterocycles. The molecule has 22 heavy (non-hydrogen) atoms.